The number of benzene rings is 3. The minimum atomic E-state index is 0.433. The van der Waals surface area contributed by atoms with Crippen LogP contribution in [0.3, 0.4) is 0 Å². The van der Waals surface area contributed by atoms with E-state index in [-0.39, 0.29) is 0 Å². The van der Waals surface area contributed by atoms with Crippen LogP contribution in [0.25, 0.3) is 0 Å². The van der Waals surface area contributed by atoms with Crippen molar-refractivity contribution in [3.05, 3.63) is 102 Å². The molecular formula is C24H23N5O. The van der Waals surface area contributed by atoms with Gasteiger partial charge in [0.25, 0.3) is 0 Å². The fraction of sp³-hybridized carbons (Fsp3) is 0.125. The number of aromatic nitrogens is 3. The molecule has 0 amide bonds. The zero-order valence-electron chi connectivity index (χ0n) is 16.7. The van der Waals surface area contributed by atoms with Crippen LogP contribution in [0.1, 0.15) is 16.7 Å². The molecule has 150 valence electrons. The maximum atomic E-state index is 5.82. The van der Waals surface area contributed by atoms with Gasteiger partial charge in [0, 0.05) is 12.2 Å². The third-order valence-electron chi connectivity index (χ3n) is 4.64. The van der Waals surface area contributed by atoms with Crippen molar-refractivity contribution in [2.45, 2.75) is 20.1 Å². The normalized spacial score (nSPS) is 10.4. The Morgan fingerprint density at radius 3 is 2.43 bits per heavy atom. The molecule has 0 spiro atoms. The largest absolute Gasteiger partial charge is 0.489 e. The van der Waals surface area contributed by atoms with E-state index in [1.165, 1.54) is 11.1 Å². The van der Waals surface area contributed by atoms with Gasteiger partial charge in [0.1, 0.15) is 12.4 Å². The minimum absolute atomic E-state index is 0.433. The summed E-state index contributed by atoms with van der Waals surface area (Å²) in [5.41, 5.74) is 4.45. The summed E-state index contributed by atoms with van der Waals surface area (Å²) in [6.07, 6.45) is 1.62. The first-order valence-electron chi connectivity index (χ1n) is 9.78. The van der Waals surface area contributed by atoms with E-state index in [0.29, 0.717) is 24.9 Å². The molecule has 0 aliphatic rings. The van der Waals surface area contributed by atoms with Crippen LogP contribution in [-0.4, -0.2) is 15.2 Å². The maximum absolute atomic E-state index is 5.82. The lowest BCUT2D eigenvalue weighted by Gasteiger charge is -2.10. The monoisotopic (exact) mass is 397 g/mol. The van der Waals surface area contributed by atoms with E-state index in [0.717, 1.165) is 17.0 Å². The van der Waals surface area contributed by atoms with Crippen molar-refractivity contribution in [1.29, 1.82) is 0 Å². The maximum Gasteiger partial charge on any atom is 0.249 e. The molecule has 6 nitrogen and oxygen atoms in total. The summed E-state index contributed by atoms with van der Waals surface area (Å²) in [5.74, 6) is 1.90. The molecule has 6 heteroatoms. The van der Waals surface area contributed by atoms with Gasteiger partial charge in [0.2, 0.25) is 5.95 Å². The number of aryl methyl sites for hydroxylation is 1. The van der Waals surface area contributed by atoms with E-state index in [1.54, 1.807) is 6.20 Å². The molecule has 0 radical (unpaired) electrons. The Morgan fingerprint density at radius 2 is 1.63 bits per heavy atom. The standard InChI is InChI=1S/C24H23N5O/c1-18-7-5-6-10-20(18)15-25-23-16-26-29-24(28-23)27-21-11-13-22(14-12-21)30-17-19-8-3-2-4-9-19/h2-14,16H,15,17H2,1H3,(H2,25,27,28,29). The first kappa shape index (κ1) is 19.4. The van der Waals surface area contributed by atoms with Crippen LogP contribution in [0, 0.1) is 6.92 Å². The highest BCUT2D eigenvalue weighted by molar-refractivity contribution is 5.55. The Balaban J connectivity index is 1.33. The van der Waals surface area contributed by atoms with Gasteiger partial charge in [-0.05, 0) is 47.9 Å². The van der Waals surface area contributed by atoms with Crippen LogP contribution >= 0.6 is 0 Å². The van der Waals surface area contributed by atoms with Gasteiger partial charge in [-0.25, -0.2) is 0 Å². The first-order valence-corrected chi connectivity index (χ1v) is 9.78. The number of anilines is 3. The molecule has 0 fully saturated rings. The average Bonchev–Trinajstić information content (AvgIpc) is 2.79. The summed E-state index contributed by atoms with van der Waals surface area (Å²) in [6, 6.07) is 26.0. The molecule has 0 unspecified atom stereocenters. The van der Waals surface area contributed by atoms with Crippen molar-refractivity contribution < 1.29 is 4.74 Å². The Hall–Kier alpha value is -3.93. The highest BCUT2D eigenvalue weighted by Gasteiger charge is 2.04. The SMILES string of the molecule is Cc1ccccc1CNc1cnnc(Nc2ccc(OCc3ccccc3)cc2)n1. The van der Waals surface area contributed by atoms with Gasteiger partial charge in [0.15, 0.2) is 5.82 Å². The molecule has 0 aliphatic heterocycles. The molecular weight excluding hydrogens is 374 g/mol. The quantitative estimate of drug-likeness (QED) is 0.430. The zero-order valence-corrected chi connectivity index (χ0v) is 16.7. The fourth-order valence-corrected chi connectivity index (χ4v) is 2.94. The zero-order chi connectivity index (χ0) is 20.6. The number of hydrogen-bond donors (Lipinski definition) is 2. The van der Waals surface area contributed by atoms with E-state index in [4.69, 9.17) is 4.74 Å². The van der Waals surface area contributed by atoms with Crippen molar-refractivity contribution in [2.75, 3.05) is 10.6 Å². The molecule has 0 saturated carbocycles. The molecule has 3 aromatic carbocycles. The Bertz CT molecular complexity index is 1080. The molecule has 30 heavy (non-hydrogen) atoms. The van der Waals surface area contributed by atoms with Crippen molar-refractivity contribution in [3.63, 3.8) is 0 Å². The van der Waals surface area contributed by atoms with Crippen LogP contribution in [0.2, 0.25) is 0 Å². The van der Waals surface area contributed by atoms with Crippen LogP contribution in [0.5, 0.6) is 5.75 Å². The van der Waals surface area contributed by atoms with E-state index in [2.05, 4.69) is 44.9 Å². The van der Waals surface area contributed by atoms with Gasteiger partial charge in [0.05, 0.1) is 6.20 Å². The average molecular weight is 397 g/mol. The van der Waals surface area contributed by atoms with Gasteiger partial charge >= 0.3 is 0 Å². The number of nitrogens with zero attached hydrogens (tertiary/aromatic N) is 3. The minimum Gasteiger partial charge on any atom is -0.489 e. The number of ether oxygens (including phenoxy) is 1. The summed E-state index contributed by atoms with van der Waals surface area (Å²) in [7, 11) is 0. The molecule has 4 rings (SSSR count). The van der Waals surface area contributed by atoms with Crippen molar-refractivity contribution >= 4 is 17.5 Å². The van der Waals surface area contributed by atoms with Crippen molar-refractivity contribution in [1.82, 2.24) is 15.2 Å². The smallest absolute Gasteiger partial charge is 0.249 e. The summed E-state index contributed by atoms with van der Waals surface area (Å²) < 4.78 is 5.82. The Kier molecular flexibility index (Phi) is 6.15. The summed E-state index contributed by atoms with van der Waals surface area (Å²) in [6.45, 7) is 3.31. The lowest BCUT2D eigenvalue weighted by atomic mass is 10.1. The second-order valence-corrected chi connectivity index (χ2v) is 6.87. The predicted octanol–water partition coefficient (Wildman–Crippen LogP) is 5.11. The molecule has 4 aromatic rings. The molecule has 0 atom stereocenters. The van der Waals surface area contributed by atoms with Crippen molar-refractivity contribution in [2.24, 2.45) is 0 Å². The first-order chi connectivity index (χ1) is 14.8. The third kappa shape index (κ3) is 5.32. The Labute approximate surface area is 176 Å². The summed E-state index contributed by atoms with van der Waals surface area (Å²) in [4.78, 5) is 4.48. The summed E-state index contributed by atoms with van der Waals surface area (Å²) >= 11 is 0. The number of rotatable bonds is 8. The number of hydrogen-bond acceptors (Lipinski definition) is 6. The third-order valence-corrected chi connectivity index (χ3v) is 4.64. The molecule has 1 heterocycles. The lowest BCUT2D eigenvalue weighted by Crippen LogP contribution is -2.06. The van der Waals surface area contributed by atoms with Crippen LogP contribution < -0.4 is 15.4 Å². The fourth-order valence-electron chi connectivity index (χ4n) is 2.94. The molecule has 0 aliphatic carbocycles. The van der Waals surface area contributed by atoms with E-state index in [1.807, 2.05) is 66.7 Å². The van der Waals surface area contributed by atoms with Crippen LogP contribution in [0.4, 0.5) is 17.5 Å². The second kappa shape index (κ2) is 9.52. The highest BCUT2D eigenvalue weighted by Crippen LogP contribution is 2.19. The van der Waals surface area contributed by atoms with Gasteiger partial charge < -0.3 is 15.4 Å². The van der Waals surface area contributed by atoms with Gasteiger partial charge in [-0.15, -0.1) is 5.10 Å². The predicted molar refractivity (Wildman–Crippen MR) is 119 cm³/mol. The van der Waals surface area contributed by atoms with E-state index in [9.17, 15) is 0 Å². The molecule has 0 bridgehead atoms. The van der Waals surface area contributed by atoms with Crippen LogP contribution in [-0.2, 0) is 13.2 Å². The molecule has 0 saturated heterocycles. The number of nitrogens with one attached hydrogen (secondary N) is 2. The van der Waals surface area contributed by atoms with Gasteiger partial charge in [-0.3, -0.25) is 0 Å². The summed E-state index contributed by atoms with van der Waals surface area (Å²) in [5, 5.41) is 14.6. The van der Waals surface area contributed by atoms with E-state index < -0.39 is 0 Å². The highest BCUT2D eigenvalue weighted by atomic mass is 16.5. The van der Waals surface area contributed by atoms with Gasteiger partial charge in [-0.2, -0.15) is 10.1 Å². The lowest BCUT2D eigenvalue weighted by molar-refractivity contribution is 0.306. The second-order valence-electron chi connectivity index (χ2n) is 6.87. The van der Waals surface area contributed by atoms with Crippen molar-refractivity contribution in [3.8, 4) is 5.75 Å². The van der Waals surface area contributed by atoms with E-state index >= 15 is 0 Å². The molecule has 1 aromatic heterocycles. The topological polar surface area (TPSA) is 72.0 Å². The Morgan fingerprint density at radius 1 is 0.867 bits per heavy atom. The van der Waals surface area contributed by atoms with Gasteiger partial charge in [-0.1, -0.05) is 54.6 Å². The molecule has 2 N–H and O–H groups in total. The van der Waals surface area contributed by atoms with Crippen LogP contribution in [0.15, 0.2) is 85.1 Å².